The number of hydrogen-bond acceptors (Lipinski definition) is 5. The van der Waals surface area contributed by atoms with Crippen LogP contribution in [0.25, 0.3) is 11.5 Å². The van der Waals surface area contributed by atoms with E-state index in [0.29, 0.717) is 11.8 Å². The Balaban J connectivity index is 1.57. The predicted octanol–water partition coefficient (Wildman–Crippen LogP) is 6.03. The highest BCUT2D eigenvalue weighted by atomic mass is 19.4. The van der Waals surface area contributed by atoms with Crippen molar-refractivity contribution < 1.29 is 40.1 Å². The minimum Gasteiger partial charge on any atom is -0.461 e. The van der Waals surface area contributed by atoms with Gasteiger partial charge in [0.1, 0.15) is 0 Å². The van der Waals surface area contributed by atoms with Crippen molar-refractivity contribution >= 4 is 11.6 Å². The molecule has 3 heterocycles. The van der Waals surface area contributed by atoms with Gasteiger partial charge in [0, 0.05) is 12.3 Å². The minimum atomic E-state index is -5.25. The van der Waals surface area contributed by atoms with E-state index in [9.17, 15) is 31.1 Å². The Morgan fingerprint density at radius 2 is 1.82 bits per heavy atom. The first-order chi connectivity index (χ1) is 15.9. The summed E-state index contributed by atoms with van der Waals surface area (Å²) in [6, 6.07) is 5.52. The number of halogens is 6. The van der Waals surface area contributed by atoms with Crippen molar-refractivity contribution in [3.63, 3.8) is 0 Å². The molecule has 0 aliphatic heterocycles. The van der Waals surface area contributed by atoms with E-state index in [4.69, 9.17) is 8.94 Å². The molecule has 34 heavy (non-hydrogen) atoms. The first kappa shape index (κ1) is 23.1. The van der Waals surface area contributed by atoms with Gasteiger partial charge in [-0.15, -0.1) is 0 Å². The fourth-order valence-electron chi connectivity index (χ4n) is 3.34. The fraction of sp³-hybridized carbons (Fsp3) is 0.190. The normalized spacial score (nSPS) is 13.1. The third kappa shape index (κ3) is 4.54. The van der Waals surface area contributed by atoms with E-state index >= 15 is 0 Å². The van der Waals surface area contributed by atoms with Gasteiger partial charge in [0.2, 0.25) is 5.76 Å². The highest BCUT2D eigenvalue weighted by Gasteiger charge is 2.45. The molecular weight excluding hydrogens is 470 g/mol. The van der Waals surface area contributed by atoms with Crippen LogP contribution in [0.4, 0.5) is 32.0 Å². The Hall–Kier alpha value is -4.03. The van der Waals surface area contributed by atoms with Crippen LogP contribution in [0.5, 0.6) is 0 Å². The molecule has 0 spiro atoms. The average molecular weight is 484 g/mol. The molecule has 0 saturated heterocycles. The lowest BCUT2D eigenvalue weighted by molar-refractivity contribution is -0.162. The lowest BCUT2D eigenvalue weighted by Crippen LogP contribution is -2.21. The number of rotatable bonds is 5. The number of hydrogen-bond donors (Lipinski definition) is 1. The van der Waals surface area contributed by atoms with E-state index in [1.54, 1.807) is 12.1 Å². The van der Waals surface area contributed by atoms with Crippen molar-refractivity contribution in [1.82, 2.24) is 14.9 Å². The zero-order chi connectivity index (χ0) is 24.7. The molecule has 4 rings (SSSR count). The van der Waals surface area contributed by atoms with Crippen LogP contribution in [0.2, 0.25) is 0 Å². The second kappa shape index (κ2) is 8.39. The second-order valence-electron chi connectivity index (χ2n) is 7.16. The molecule has 1 amide bonds. The molecule has 1 aromatic carbocycles. The van der Waals surface area contributed by atoms with Crippen LogP contribution in [-0.4, -0.2) is 20.8 Å². The number of aromatic nitrogens is 3. The third-order valence-electron chi connectivity index (χ3n) is 4.90. The maximum Gasteiger partial charge on any atom is 0.417 e. The Morgan fingerprint density at radius 1 is 1.06 bits per heavy atom. The summed E-state index contributed by atoms with van der Waals surface area (Å²) in [6.07, 6.45) is -6.71. The number of carbonyl (C=O) groups excluding carboxylic acids is 1. The molecular formula is C21H14F6N4O3. The topological polar surface area (TPSA) is 86.1 Å². The standard InChI is InChI=1S/C21H14F6N4O3/c1-11(13-4-2-5-14(20(22,23)24)18(13)21(25,26)27)31-10-12(9-28-31)29-19(32)15-8-17(34-30-15)16-6-3-7-33-16/h2-11H,1H3,(H,29,32). The molecule has 7 nitrogen and oxygen atoms in total. The van der Waals surface area contributed by atoms with Crippen LogP contribution in [0.3, 0.4) is 0 Å². The molecule has 1 unspecified atom stereocenters. The number of carbonyl (C=O) groups is 1. The third-order valence-corrected chi connectivity index (χ3v) is 4.90. The largest absolute Gasteiger partial charge is 0.461 e. The van der Waals surface area contributed by atoms with Crippen LogP contribution in [0.15, 0.2) is 64.0 Å². The quantitative estimate of drug-likeness (QED) is 0.350. The Labute approximate surface area is 186 Å². The van der Waals surface area contributed by atoms with Crippen molar-refractivity contribution in [3.8, 4) is 11.5 Å². The van der Waals surface area contributed by atoms with E-state index in [0.717, 1.165) is 23.0 Å². The van der Waals surface area contributed by atoms with Gasteiger partial charge in [-0.25, -0.2) is 0 Å². The van der Waals surface area contributed by atoms with Gasteiger partial charge in [0.05, 0.1) is 35.3 Å². The van der Waals surface area contributed by atoms with Crippen molar-refractivity contribution in [3.05, 3.63) is 77.4 Å². The second-order valence-corrected chi connectivity index (χ2v) is 7.16. The first-order valence-electron chi connectivity index (χ1n) is 9.58. The summed E-state index contributed by atoms with van der Waals surface area (Å²) < 4.78 is 91.6. The van der Waals surface area contributed by atoms with Crippen LogP contribution in [0, 0.1) is 0 Å². The molecule has 13 heteroatoms. The van der Waals surface area contributed by atoms with Gasteiger partial charge in [0.15, 0.2) is 11.5 Å². The van der Waals surface area contributed by atoms with Crippen LogP contribution < -0.4 is 5.32 Å². The summed E-state index contributed by atoms with van der Waals surface area (Å²) in [4.78, 5) is 12.4. The van der Waals surface area contributed by atoms with Crippen molar-refractivity contribution in [2.45, 2.75) is 25.3 Å². The molecule has 0 aliphatic rings. The van der Waals surface area contributed by atoms with Crippen molar-refractivity contribution in [2.24, 2.45) is 0 Å². The molecule has 178 valence electrons. The highest BCUT2D eigenvalue weighted by Crippen LogP contribution is 2.44. The van der Waals surface area contributed by atoms with E-state index in [-0.39, 0.29) is 17.1 Å². The number of amides is 1. The van der Waals surface area contributed by atoms with Crippen LogP contribution >= 0.6 is 0 Å². The van der Waals surface area contributed by atoms with Gasteiger partial charge >= 0.3 is 12.4 Å². The van der Waals surface area contributed by atoms with E-state index in [1.807, 2.05) is 0 Å². The molecule has 0 aliphatic carbocycles. The van der Waals surface area contributed by atoms with E-state index < -0.39 is 41.0 Å². The molecule has 0 bridgehead atoms. The van der Waals surface area contributed by atoms with Gasteiger partial charge in [-0.2, -0.15) is 31.4 Å². The number of furan rings is 1. The minimum absolute atomic E-state index is 0.0833. The number of nitrogens with zero attached hydrogens (tertiary/aromatic N) is 3. The molecule has 1 N–H and O–H groups in total. The smallest absolute Gasteiger partial charge is 0.417 e. The van der Waals surface area contributed by atoms with Gasteiger partial charge in [-0.1, -0.05) is 17.3 Å². The molecule has 3 aromatic heterocycles. The number of nitrogens with one attached hydrogen (secondary N) is 1. The lowest BCUT2D eigenvalue weighted by atomic mass is 9.95. The number of anilines is 1. The fourth-order valence-corrected chi connectivity index (χ4v) is 3.34. The van der Waals surface area contributed by atoms with Crippen molar-refractivity contribution in [1.29, 1.82) is 0 Å². The number of benzene rings is 1. The van der Waals surface area contributed by atoms with Crippen molar-refractivity contribution in [2.75, 3.05) is 5.32 Å². The predicted molar refractivity (Wildman–Crippen MR) is 105 cm³/mol. The summed E-state index contributed by atoms with van der Waals surface area (Å²) in [5.74, 6) is -0.165. The van der Waals surface area contributed by atoms with Gasteiger partial charge in [-0.05, 0) is 30.7 Å². The van der Waals surface area contributed by atoms with Gasteiger partial charge in [0.25, 0.3) is 5.91 Å². The summed E-state index contributed by atoms with van der Waals surface area (Å²) in [6.45, 7) is 1.26. The zero-order valence-electron chi connectivity index (χ0n) is 17.1. The Kier molecular flexibility index (Phi) is 5.71. The van der Waals surface area contributed by atoms with E-state index in [2.05, 4.69) is 15.6 Å². The zero-order valence-corrected chi connectivity index (χ0v) is 17.1. The summed E-state index contributed by atoms with van der Waals surface area (Å²) in [5.41, 5.74) is -4.22. The summed E-state index contributed by atoms with van der Waals surface area (Å²) in [5, 5.41) is 9.96. The molecule has 4 aromatic rings. The molecule has 0 fully saturated rings. The highest BCUT2D eigenvalue weighted by molar-refractivity contribution is 6.03. The first-order valence-corrected chi connectivity index (χ1v) is 9.58. The van der Waals surface area contributed by atoms with Gasteiger partial charge < -0.3 is 14.3 Å². The van der Waals surface area contributed by atoms with Gasteiger partial charge in [-0.3, -0.25) is 9.48 Å². The Bertz CT molecular complexity index is 1300. The monoisotopic (exact) mass is 484 g/mol. The Morgan fingerprint density at radius 3 is 2.47 bits per heavy atom. The molecule has 0 saturated carbocycles. The lowest BCUT2D eigenvalue weighted by Gasteiger charge is -2.22. The van der Waals surface area contributed by atoms with Crippen LogP contribution in [0.1, 0.15) is 40.1 Å². The molecule has 1 atom stereocenters. The average Bonchev–Trinajstić information content (AvgIpc) is 3.52. The van der Waals surface area contributed by atoms with Crippen LogP contribution in [-0.2, 0) is 12.4 Å². The number of alkyl halides is 6. The van der Waals surface area contributed by atoms with E-state index in [1.165, 1.54) is 25.5 Å². The summed E-state index contributed by atoms with van der Waals surface area (Å²) in [7, 11) is 0. The summed E-state index contributed by atoms with van der Waals surface area (Å²) >= 11 is 0. The molecule has 0 radical (unpaired) electrons. The maximum absolute atomic E-state index is 13.6. The SMILES string of the molecule is CC(c1cccc(C(F)(F)F)c1C(F)(F)F)n1cc(NC(=O)c2cc(-c3ccco3)on2)cn1. The maximum atomic E-state index is 13.6.